The Labute approximate surface area is 164 Å². The van der Waals surface area contributed by atoms with Crippen molar-refractivity contribution in [1.82, 2.24) is 9.88 Å². The number of hydrogen-bond donors (Lipinski definition) is 1. The second kappa shape index (κ2) is 8.61. The van der Waals surface area contributed by atoms with Crippen molar-refractivity contribution in [3.05, 3.63) is 34.3 Å². The third kappa shape index (κ3) is 4.53. The Bertz CT molecular complexity index is 791. The Balaban J connectivity index is 1.66. The van der Waals surface area contributed by atoms with E-state index in [2.05, 4.69) is 24.1 Å². The maximum atomic E-state index is 12.8. The number of carbonyl (C=O) groups is 1. The van der Waals surface area contributed by atoms with Gasteiger partial charge in [0, 0.05) is 42.2 Å². The molecule has 7 heteroatoms. The summed E-state index contributed by atoms with van der Waals surface area (Å²) >= 11 is 1.56. The third-order valence-electron chi connectivity index (χ3n) is 4.70. The standard InChI is InChI=1S/C20H27N3O3S/c1-13(2)19-22-16(12-27-19)20(24)23-9-5-6-15(11-23)21-14-7-8-17(25-3)18(10-14)26-4/h7-8,10,12-13,15,21H,5-6,9,11H2,1-4H3/t15-/m0/s1. The van der Waals surface area contributed by atoms with Gasteiger partial charge in [-0.1, -0.05) is 13.8 Å². The Hall–Kier alpha value is -2.28. The predicted molar refractivity (Wildman–Crippen MR) is 108 cm³/mol. The minimum atomic E-state index is 0.0250. The van der Waals surface area contributed by atoms with Gasteiger partial charge in [-0.05, 0) is 25.0 Å². The van der Waals surface area contributed by atoms with Crippen molar-refractivity contribution in [3.8, 4) is 11.5 Å². The van der Waals surface area contributed by atoms with Crippen LogP contribution < -0.4 is 14.8 Å². The highest BCUT2D eigenvalue weighted by molar-refractivity contribution is 7.09. The molecule has 2 heterocycles. The lowest BCUT2D eigenvalue weighted by Gasteiger charge is -2.33. The van der Waals surface area contributed by atoms with E-state index in [4.69, 9.17) is 9.47 Å². The normalized spacial score (nSPS) is 17.1. The van der Waals surface area contributed by atoms with Crippen molar-refractivity contribution in [2.75, 3.05) is 32.6 Å². The number of methoxy groups -OCH3 is 2. The molecule has 1 N–H and O–H groups in total. The van der Waals surface area contributed by atoms with Crippen molar-refractivity contribution >= 4 is 22.9 Å². The van der Waals surface area contributed by atoms with Crippen LogP contribution in [0.15, 0.2) is 23.6 Å². The molecule has 1 fully saturated rings. The van der Waals surface area contributed by atoms with E-state index in [1.54, 1.807) is 25.6 Å². The Morgan fingerprint density at radius 2 is 2.07 bits per heavy atom. The fourth-order valence-electron chi connectivity index (χ4n) is 3.25. The molecule has 1 aliphatic heterocycles. The molecule has 1 atom stereocenters. The summed E-state index contributed by atoms with van der Waals surface area (Å²) in [6.45, 7) is 5.63. The first-order valence-corrected chi connectivity index (χ1v) is 10.1. The first kappa shape index (κ1) is 19.5. The molecule has 1 aromatic carbocycles. The zero-order valence-corrected chi connectivity index (χ0v) is 17.1. The topological polar surface area (TPSA) is 63.7 Å². The van der Waals surface area contributed by atoms with E-state index in [1.165, 1.54) is 0 Å². The summed E-state index contributed by atoms with van der Waals surface area (Å²) in [5.41, 5.74) is 1.53. The lowest BCUT2D eigenvalue weighted by Crippen LogP contribution is -2.45. The van der Waals surface area contributed by atoms with Gasteiger partial charge in [0.15, 0.2) is 11.5 Å². The van der Waals surface area contributed by atoms with Crippen molar-refractivity contribution in [2.24, 2.45) is 0 Å². The molecule has 1 aromatic heterocycles. The number of carbonyl (C=O) groups excluding carboxylic acids is 1. The molecule has 0 saturated carbocycles. The molecule has 0 radical (unpaired) electrons. The SMILES string of the molecule is COc1ccc(N[C@H]2CCCN(C(=O)c3csc(C(C)C)n3)C2)cc1OC. The Kier molecular flexibility index (Phi) is 6.21. The van der Waals surface area contributed by atoms with Gasteiger partial charge in [-0.25, -0.2) is 4.98 Å². The summed E-state index contributed by atoms with van der Waals surface area (Å²) in [4.78, 5) is 19.2. The first-order chi connectivity index (χ1) is 13.0. The predicted octanol–water partition coefficient (Wildman–Crippen LogP) is 4.00. The van der Waals surface area contributed by atoms with Crippen LogP contribution in [0.25, 0.3) is 0 Å². The minimum Gasteiger partial charge on any atom is -0.493 e. The Morgan fingerprint density at radius 1 is 1.30 bits per heavy atom. The molecule has 0 bridgehead atoms. The number of piperidine rings is 1. The highest BCUT2D eigenvalue weighted by Gasteiger charge is 2.26. The van der Waals surface area contributed by atoms with Crippen LogP contribution in [0, 0.1) is 0 Å². The molecule has 6 nitrogen and oxygen atoms in total. The van der Waals surface area contributed by atoms with Gasteiger partial charge < -0.3 is 19.7 Å². The van der Waals surface area contributed by atoms with Crippen LogP contribution >= 0.6 is 11.3 Å². The lowest BCUT2D eigenvalue weighted by molar-refractivity contribution is 0.0709. The van der Waals surface area contributed by atoms with Gasteiger partial charge in [-0.3, -0.25) is 4.79 Å². The summed E-state index contributed by atoms with van der Waals surface area (Å²) in [6, 6.07) is 5.98. The van der Waals surface area contributed by atoms with Crippen LogP contribution in [0.4, 0.5) is 5.69 Å². The van der Waals surface area contributed by atoms with E-state index in [9.17, 15) is 4.79 Å². The molecule has 27 heavy (non-hydrogen) atoms. The highest BCUT2D eigenvalue weighted by Crippen LogP contribution is 2.30. The monoisotopic (exact) mass is 389 g/mol. The highest BCUT2D eigenvalue weighted by atomic mass is 32.1. The minimum absolute atomic E-state index is 0.0250. The number of thiazole rings is 1. The van der Waals surface area contributed by atoms with Crippen molar-refractivity contribution in [3.63, 3.8) is 0 Å². The lowest BCUT2D eigenvalue weighted by atomic mass is 10.0. The van der Waals surface area contributed by atoms with Crippen LogP contribution in [0.3, 0.4) is 0 Å². The zero-order valence-electron chi connectivity index (χ0n) is 16.3. The van der Waals surface area contributed by atoms with Gasteiger partial charge in [0.1, 0.15) is 5.69 Å². The van der Waals surface area contributed by atoms with Crippen LogP contribution in [0.1, 0.15) is 48.1 Å². The molecule has 1 saturated heterocycles. The molecule has 3 rings (SSSR count). The van der Waals surface area contributed by atoms with Gasteiger partial charge >= 0.3 is 0 Å². The van der Waals surface area contributed by atoms with Crippen LogP contribution in [-0.4, -0.2) is 49.1 Å². The molecule has 0 spiro atoms. The number of likely N-dealkylation sites (tertiary alicyclic amines) is 1. The first-order valence-electron chi connectivity index (χ1n) is 9.25. The van der Waals surface area contributed by atoms with E-state index in [-0.39, 0.29) is 11.9 Å². The smallest absolute Gasteiger partial charge is 0.273 e. The largest absolute Gasteiger partial charge is 0.493 e. The average Bonchev–Trinajstić information content (AvgIpc) is 3.18. The number of nitrogens with one attached hydrogen (secondary N) is 1. The van der Waals surface area contributed by atoms with Gasteiger partial charge in [-0.2, -0.15) is 0 Å². The quantitative estimate of drug-likeness (QED) is 0.809. The summed E-state index contributed by atoms with van der Waals surface area (Å²) in [7, 11) is 3.25. The summed E-state index contributed by atoms with van der Waals surface area (Å²) in [5.74, 6) is 1.76. The van der Waals surface area contributed by atoms with Gasteiger partial charge in [-0.15, -0.1) is 11.3 Å². The third-order valence-corrected chi connectivity index (χ3v) is 5.84. The fourth-order valence-corrected chi connectivity index (χ4v) is 4.06. The summed E-state index contributed by atoms with van der Waals surface area (Å²) < 4.78 is 10.7. The average molecular weight is 390 g/mol. The van der Waals surface area contributed by atoms with E-state index in [0.29, 0.717) is 29.7 Å². The van der Waals surface area contributed by atoms with Gasteiger partial charge in [0.2, 0.25) is 0 Å². The molecular formula is C20H27N3O3S. The van der Waals surface area contributed by atoms with Crippen molar-refractivity contribution in [1.29, 1.82) is 0 Å². The van der Waals surface area contributed by atoms with Gasteiger partial charge in [0.05, 0.1) is 19.2 Å². The molecule has 1 amide bonds. The molecular weight excluding hydrogens is 362 g/mol. The van der Waals surface area contributed by atoms with E-state index in [1.807, 2.05) is 28.5 Å². The van der Waals surface area contributed by atoms with Crippen molar-refractivity contribution < 1.29 is 14.3 Å². The zero-order chi connectivity index (χ0) is 19.4. The molecule has 0 unspecified atom stereocenters. The number of amides is 1. The van der Waals surface area contributed by atoms with Crippen LogP contribution in [-0.2, 0) is 0 Å². The number of rotatable bonds is 6. The fraction of sp³-hybridized carbons (Fsp3) is 0.500. The molecule has 0 aliphatic carbocycles. The van der Waals surface area contributed by atoms with Crippen LogP contribution in [0.5, 0.6) is 11.5 Å². The number of hydrogen-bond acceptors (Lipinski definition) is 6. The maximum absolute atomic E-state index is 12.8. The number of nitrogens with zero attached hydrogens (tertiary/aromatic N) is 2. The summed E-state index contributed by atoms with van der Waals surface area (Å²) in [6.07, 6.45) is 1.99. The second-order valence-corrected chi connectivity index (χ2v) is 7.92. The number of aromatic nitrogens is 1. The number of anilines is 1. The summed E-state index contributed by atoms with van der Waals surface area (Å²) in [5, 5.41) is 6.41. The van der Waals surface area contributed by atoms with E-state index < -0.39 is 0 Å². The number of ether oxygens (including phenoxy) is 2. The van der Waals surface area contributed by atoms with E-state index in [0.717, 1.165) is 30.1 Å². The Morgan fingerprint density at radius 3 is 2.74 bits per heavy atom. The van der Waals surface area contributed by atoms with E-state index >= 15 is 0 Å². The molecule has 1 aliphatic rings. The van der Waals surface area contributed by atoms with Crippen LogP contribution in [0.2, 0.25) is 0 Å². The molecule has 146 valence electrons. The maximum Gasteiger partial charge on any atom is 0.273 e. The number of benzene rings is 1. The molecule has 2 aromatic rings. The van der Waals surface area contributed by atoms with Gasteiger partial charge in [0.25, 0.3) is 5.91 Å². The second-order valence-electron chi connectivity index (χ2n) is 7.03. The van der Waals surface area contributed by atoms with Crippen molar-refractivity contribution in [2.45, 2.75) is 38.6 Å².